The van der Waals surface area contributed by atoms with Gasteiger partial charge >= 0.3 is 0 Å². The first-order valence-corrected chi connectivity index (χ1v) is 7.84. The van der Waals surface area contributed by atoms with Crippen molar-refractivity contribution in [1.29, 1.82) is 0 Å². The Morgan fingerprint density at radius 3 is 2.67 bits per heavy atom. The third kappa shape index (κ3) is 5.73. The highest BCUT2D eigenvalue weighted by atomic mass is 79.9. The standard InChI is InChI=1S/C16H17BrN2OS/c1-12(11-20-15-8-3-2-4-9-15)18-16(21)19-14-7-5-6-13(17)10-14/h2-10,12H,11H2,1H3,(H2,18,19,21)/t12-/m1/s1. The number of rotatable bonds is 5. The zero-order valence-electron chi connectivity index (χ0n) is 11.7. The van der Waals surface area contributed by atoms with E-state index in [1.54, 1.807) is 0 Å². The fraction of sp³-hybridized carbons (Fsp3) is 0.188. The molecular formula is C16H17BrN2OS. The van der Waals surface area contributed by atoms with Crippen LogP contribution < -0.4 is 15.4 Å². The van der Waals surface area contributed by atoms with Crippen molar-refractivity contribution in [2.75, 3.05) is 11.9 Å². The molecule has 110 valence electrons. The molecule has 0 aromatic heterocycles. The maximum atomic E-state index is 5.68. The molecule has 0 saturated heterocycles. The molecule has 2 aromatic rings. The Balaban J connectivity index is 1.77. The van der Waals surface area contributed by atoms with Crippen LogP contribution in [-0.4, -0.2) is 17.8 Å². The van der Waals surface area contributed by atoms with Crippen LogP contribution in [0.3, 0.4) is 0 Å². The zero-order chi connectivity index (χ0) is 15.1. The van der Waals surface area contributed by atoms with Gasteiger partial charge in [-0.25, -0.2) is 0 Å². The monoisotopic (exact) mass is 364 g/mol. The van der Waals surface area contributed by atoms with Crippen molar-refractivity contribution in [3.8, 4) is 5.75 Å². The Morgan fingerprint density at radius 2 is 1.95 bits per heavy atom. The van der Waals surface area contributed by atoms with E-state index in [0.29, 0.717) is 11.7 Å². The van der Waals surface area contributed by atoms with Crippen LogP contribution in [0.15, 0.2) is 59.1 Å². The Kier molecular flexibility index (Phi) is 6.02. The highest BCUT2D eigenvalue weighted by molar-refractivity contribution is 9.10. The third-order valence-corrected chi connectivity index (χ3v) is 3.42. The van der Waals surface area contributed by atoms with Crippen LogP contribution in [-0.2, 0) is 0 Å². The first-order valence-electron chi connectivity index (χ1n) is 6.64. The molecule has 5 heteroatoms. The maximum Gasteiger partial charge on any atom is 0.171 e. The molecule has 2 N–H and O–H groups in total. The van der Waals surface area contributed by atoms with Gasteiger partial charge in [0.05, 0.1) is 6.04 Å². The molecule has 0 saturated carbocycles. The summed E-state index contributed by atoms with van der Waals surface area (Å²) in [5.74, 6) is 0.858. The lowest BCUT2D eigenvalue weighted by Gasteiger charge is -2.17. The lowest BCUT2D eigenvalue weighted by molar-refractivity contribution is 0.287. The van der Waals surface area contributed by atoms with Crippen molar-refractivity contribution < 1.29 is 4.74 Å². The fourth-order valence-corrected chi connectivity index (χ4v) is 2.46. The molecule has 0 fully saturated rings. The summed E-state index contributed by atoms with van der Waals surface area (Å²) in [7, 11) is 0. The van der Waals surface area contributed by atoms with E-state index in [4.69, 9.17) is 17.0 Å². The van der Waals surface area contributed by atoms with Gasteiger partial charge < -0.3 is 15.4 Å². The molecule has 1 atom stereocenters. The fourth-order valence-electron chi connectivity index (χ4n) is 1.74. The number of hydrogen-bond acceptors (Lipinski definition) is 2. The highest BCUT2D eigenvalue weighted by Crippen LogP contribution is 2.15. The number of para-hydroxylation sites is 1. The summed E-state index contributed by atoms with van der Waals surface area (Å²) in [6, 6.07) is 17.7. The van der Waals surface area contributed by atoms with Crippen LogP contribution in [0.2, 0.25) is 0 Å². The normalized spacial score (nSPS) is 11.5. The first-order chi connectivity index (χ1) is 10.1. The molecule has 0 aliphatic rings. The summed E-state index contributed by atoms with van der Waals surface area (Å²) in [6.07, 6.45) is 0. The summed E-state index contributed by atoms with van der Waals surface area (Å²) in [5.41, 5.74) is 0.943. The minimum absolute atomic E-state index is 0.109. The number of halogens is 1. The second-order valence-electron chi connectivity index (χ2n) is 4.63. The van der Waals surface area contributed by atoms with Gasteiger partial charge in [0, 0.05) is 10.2 Å². The Bertz CT molecular complexity index is 592. The van der Waals surface area contributed by atoms with Crippen LogP contribution in [0.4, 0.5) is 5.69 Å². The lowest BCUT2D eigenvalue weighted by atomic mass is 10.3. The van der Waals surface area contributed by atoms with Gasteiger partial charge in [-0.05, 0) is 49.5 Å². The molecule has 2 rings (SSSR count). The molecule has 0 spiro atoms. The highest BCUT2D eigenvalue weighted by Gasteiger charge is 2.05. The lowest BCUT2D eigenvalue weighted by Crippen LogP contribution is -2.39. The third-order valence-electron chi connectivity index (χ3n) is 2.70. The second kappa shape index (κ2) is 8.00. The van der Waals surface area contributed by atoms with Gasteiger partial charge in [0.25, 0.3) is 0 Å². The van der Waals surface area contributed by atoms with Crippen LogP contribution in [0.25, 0.3) is 0 Å². The van der Waals surface area contributed by atoms with Crippen LogP contribution in [0, 0.1) is 0 Å². The molecule has 0 unspecified atom stereocenters. The van der Waals surface area contributed by atoms with Crippen molar-refractivity contribution >= 4 is 38.9 Å². The van der Waals surface area contributed by atoms with Gasteiger partial charge in [-0.1, -0.05) is 40.2 Å². The van der Waals surface area contributed by atoms with Gasteiger partial charge in [-0.3, -0.25) is 0 Å². The summed E-state index contributed by atoms with van der Waals surface area (Å²) >= 11 is 8.72. The SMILES string of the molecule is C[C@H](COc1ccccc1)NC(=S)Nc1cccc(Br)c1. The van der Waals surface area contributed by atoms with Crippen molar-refractivity contribution in [2.24, 2.45) is 0 Å². The van der Waals surface area contributed by atoms with Crippen molar-refractivity contribution in [3.05, 3.63) is 59.1 Å². The van der Waals surface area contributed by atoms with E-state index >= 15 is 0 Å². The smallest absolute Gasteiger partial charge is 0.171 e. The van der Waals surface area contributed by atoms with Crippen LogP contribution in [0.5, 0.6) is 5.75 Å². The molecule has 3 nitrogen and oxygen atoms in total. The van der Waals surface area contributed by atoms with E-state index in [-0.39, 0.29) is 6.04 Å². The van der Waals surface area contributed by atoms with Crippen LogP contribution in [0.1, 0.15) is 6.92 Å². The molecule has 0 aliphatic heterocycles. The molecule has 21 heavy (non-hydrogen) atoms. The summed E-state index contributed by atoms with van der Waals surface area (Å²) < 4.78 is 6.69. The van der Waals surface area contributed by atoms with E-state index < -0.39 is 0 Å². The topological polar surface area (TPSA) is 33.3 Å². The summed E-state index contributed by atoms with van der Waals surface area (Å²) in [4.78, 5) is 0. The van der Waals surface area contributed by atoms with Gasteiger partial charge in [0.15, 0.2) is 5.11 Å². The number of benzene rings is 2. The van der Waals surface area contributed by atoms with Gasteiger partial charge in [0.2, 0.25) is 0 Å². The zero-order valence-corrected chi connectivity index (χ0v) is 14.1. The van der Waals surface area contributed by atoms with E-state index in [9.17, 15) is 0 Å². The predicted molar refractivity (Wildman–Crippen MR) is 94.9 cm³/mol. The van der Waals surface area contributed by atoms with Crippen molar-refractivity contribution in [2.45, 2.75) is 13.0 Å². The molecule has 0 heterocycles. The number of nitrogens with one attached hydrogen (secondary N) is 2. The van der Waals surface area contributed by atoms with E-state index in [2.05, 4.69) is 26.6 Å². The minimum Gasteiger partial charge on any atom is -0.491 e. The summed E-state index contributed by atoms with van der Waals surface area (Å²) in [6.45, 7) is 2.57. The van der Waals surface area contributed by atoms with E-state index in [0.717, 1.165) is 15.9 Å². The molecule has 2 aromatic carbocycles. The summed E-state index contributed by atoms with van der Waals surface area (Å²) in [5, 5.41) is 6.93. The van der Waals surface area contributed by atoms with Gasteiger partial charge in [-0.2, -0.15) is 0 Å². The number of anilines is 1. The van der Waals surface area contributed by atoms with Crippen LogP contribution >= 0.6 is 28.1 Å². The maximum absolute atomic E-state index is 5.68. The minimum atomic E-state index is 0.109. The van der Waals surface area contributed by atoms with E-state index in [1.165, 1.54) is 0 Å². The first kappa shape index (κ1) is 15.8. The van der Waals surface area contributed by atoms with Crippen molar-refractivity contribution in [3.63, 3.8) is 0 Å². The second-order valence-corrected chi connectivity index (χ2v) is 5.96. The largest absolute Gasteiger partial charge is 0.491 e. The molecular weight excluding hydrogens is 348 g/mol. The Hall–Kier alpha value is -1.59. The average Bonchev–Trinajstić information content (AvgIpc) is 2.46. The molecule has 0 amide bonds. The quantitative estimate of drug-likeness (QED) is 0.778. The number of hydrogen-bond donors (Lipinski definition) is 2. The number of ether oxygens (including phenoxy) is 1. The van der Waals surface area contributed by atoms with Gasteiger partial charge in [-0.15, -0.1) is 0 Å². The Labute approximate surface area is 138 Å². The predicted octanol–water partition coefficient (Wildman–Crippen LogP) is 4.20. The number of thiocarbonyl (C=S) groups is 1. The van der Waals surface area contributed by atoms with Gasteiger partial charge in [0.1, 0.15) is 12.4 Å². The van der Waals surface area contributed by atoms with Crippen molar-refractivity contribution in [1.82, 2.24) is 5.32 Å². The average molecular weight is 365 g/mol. The molecule has 0 aliphatic carbocycles. The molecule has 0 radical (unpaired) electrons. The Morgan fingerprint density at radius 1 is 1.19 bits per heavy atom. The molecule has 0 bridgehead atoms. The van der Waals surface area contributed by atoms with E-state index in [1.807, 2.05) is 61.5 Å².